The van der Waals surface area contributed by atoms with Gasteiger partial charge in [0.2, 0.25) is 0 Å². The second-order valence-corrected chi connectivity index (χ2v) is 6.69. The maximum Gasteiger partial charge on any atom is 0.126 e. The molecule has 0 amide bonds. The fraction of sp³-hybridized carbons (Fsp3) is 0.300. The summed E-state index contributed by atoms with van der Waals surface area (Å²) in [7, 11) is 0. The Morgan fingerprint density at radius 2 is 1.88 bits per heavy atom. The topological polar surface area (TPSA) is 38.1 Å². The van der Waals surface area contributed by atoms with Crippen LogP contribution in [-0.2, 0) is 4.79 Å². The van der Waals surface area contributed by atoms with Gasteiger partial charge in [-0.1, -0.05) is 0 Å². The summed E-state index contributed by atoms with van der Waals surface area (Å²) in [6, 6.07) is 11.3. The molecule has 4 nitrogen and oxygen atoms in total. The van der Waals surface area contributed by atoms with Crippen LogP contribution in [-0.4, -0.2) is 29.2 Å². The number of hydrogen-bond acceptors (Lipinski definition) is 3. The molecule has 2 heterocycles. The minimum atomic E-state index is -0.207. The van der Waals surface area contributed by atoms with Gasteiger partial charge < -0.3 is 9.69 Å². The fourth-order valence-corrected chi connectivity index (χ4v) is 3.48. The number of piperidine rings is 1. The largest absolute Gasteiger partial charge is 0.371 e. The number of carbonyl (C=O) groups is 1. The van der Waals surface area contributed by atoms with Crippen LogP contribution in [0.15, 0.2) is 42.6 Å². The molecule has 0 spiro atoms. The van der Waals surface area contributed by atoms with Crippen LogP contribution >= 0.6 is 0 Å². The highest BCUT2D eigenvalue weighted by Gasteiger charge is 2.19. The summed E-state index contributed by atoms with van der Waals surface area (Å²) in [4.78, 5) is 13.2. The molecule has 3 aromatic rings. The van der Waals surface area contributed by atoms with Crippen LogP contribution in [0, 0.1) is 18.7 Å². The van der Waals surface area contributed by atoms with Crippen molar-refractivity contribution in [1.29, 1.82) is 0 Å². The van der Waals surface area contributed by atoms with E-state index in [4.69, 9.17) is 0 Å². The molecule has 0 radical (unpaired) electrons. The molecule has 128 valence electrons. The molecule has 0 aliphatic carbocycles. The molecule has 0 bridgehead atoms. The molecule has 1 aliphatic rings. The summed E-state index contributed by atoms with van der Waals surface area (Å²) >= 11 is 0. The molecule has 1 saturated heterocycles. The summed E-state index contributed by atoms with van der Waals surface area (Å²) in [5.41, 5.74) is 3.62. The normalized spacial score (nSPS) is 15.7. The Bertz CT molecular complexity index is 926. The Labute approximate surface area is 145 Å². The van der Waals surface area contributed by atoms with Gasteiger partial charge in [-0.25, -0.2) is 9.07 Å². The average molecular weight is 337 g/mol. The first-order chi connectivity index (χ1) is 12.2. The highest BCUT2D eigenvalue weighted by Crippen LogP contribution is 2.27. The van der Waals surface area contributed by atoms with Crippen LogP contribution in [0.25, 0.3) is 16.6 Å². The predicted octanol–water partition coefficient (Wildman–Crippen LogP) is 3.89. The monoisotopic (exact) mass is 337 g/mol. The SMILES string of the molecule is Cc1cc(-n2ncc3cc(N4CCC(C=O)CC4)ccc32)ccc1F. The minimum Gasteiger partial charge on any atom is -0.371 e. The molecule has 5 heteroatoms. The lowest BCUT2D eigenvalue weighted by molar-refractivity contribution is -0.111. The van der Waals surface area contributed by atoms with Crippen molar-refractivity contribution in [3.63, 3.8) is 0 Å². The third-order valence-electron chi connectivity index (χ3n) is 5.03. The van der Waals surface area contributed by atoms with Gasteiger partial charge in [-0.3, -0.25) is 0 Å². The molecule has 1 fully saturated rings. The van der Waals surface area contributed by atoms with Crippen LogP contribution < -0.4 is 4.90 Å². The molecule has 1 aromatic heterocycles. The van der Waals surface area contributed by atoms with Crippen LogP contribution in [0.3, 0.4) is 0 Å². The van der Waals surface area contributed by atoms with Gasteiger partial charge in [0.05, 0.1) is 17.4 Å². The first-order valence-electron chi connectivity index (χ1n) is 8.60. The zero-order chi connectivity index (χ0) is 17.4. The van der Waals surface area contributed by atoms with E-state index >= 15 is 0 Å². The van der Waals surface area contributed by atoms with Gasteiger partial charge in [-0.15, -0.1) is 0 Å². The number of hydrogen-bond donors (Lipinski definition) is 0. The number of benzene rings is 2. The van der Waals surface area contributed by atoms with Crippen molar-refractivity contribution in [2.45, 2.75) is 19.8 Å². The Morgan fingerprint density at radius 1 is 1.12 bits per heavy atom. The van der Waals surface area contributed by atoms with Gasteiger partial charge in [-0.2, -0.15) is 5.10 Å². The number of halogens is 1. The number of anilines is 1. The number of fused-ring (bicyclic) bond motifs is 1. The lowest BCUT2D eigenvalue weighted by Gasteiger charge is -2.31. The first-order valence-corrected chi connectivity index (χ1v) is 8.60. The zero-order valence-electron chi connectivity index (χ0n) is 14.2. The number of nitrogens with zero attached hydrogens (tertiary/aromatic N) is 3. The smallest absolute Gasteiger partial charge is 0.126 e. The van der Waals surface area contributed by atoms with E-state index in [0.717, 1.165) is 54.5 Å². The molecular weight excluding hydrogens is 317 g/mol. The fourth-order valence-electron chi connectivity index (χ4n) is 3.48. The molecular formula is C20H20FN3O. The van der Waals surface area contributed by atoms with Crippen LogP contribution in [0.1, 0.15) is 18.4 Å². The van der Waals surface area contributed by atoms with Crippen molar-refractivity contribution in [3.8, 4) is 5.69 Å². The van der Waals surface area contributed by atoms with Crippen LogP contribution in [0.2, 0.25) is 0 Å². The molecule has 4 rings (SSSR count). The van der Waals surface area contributed by atoms with Crippen LogP contribution in [0.5, 0.6) is 0 Å². The van der Waals surface area contributed by atoms with Crippen molar-refractivity contribution in [2.75, 3.05) is 18.0 Å². The average Bonchev–Trinajstić information content (AvgIpc) is 3.07. The Morgan fingerprint density at radius 3 is 2.60 bits per heavy atom. The van der Waals surface area contributed by atoms with E-state index in [1.807, 2.05) is 10.9 Å². The third kappa shape index (κ3) is 2.90. The second kappa shape index (κ2) is 6.31. The maximum absolute atomic E-state index is 13.5. The van der Waals surface area contributed by atoms with Gasteiger partial charge in [0, 0.05) is 30.1 Å². The Hall–Kier alpha value is -2.69. The summed E-state index contributed by atoms with van der Waals surface area (Å²) in [5, 5.41) is 5.53. The van der Waals surface area contributed by atoms with E-state index < -0.39 is 0 Å². The van der Waals surface area contributed by atoms with Gasteiger partial charge in [-0.05, 0) is 61.7 Å². The zero-order valence-corrected chi connectivity index (χ0v) is 14.2. The Kier molecular flexibility index (Phi) is 3.99. The van der Waals surface area contributed by atoms with E-state index in [-0.39, 0.29) is 11.7 Å². The van der Waals surface area contributed by atoms with E-state index in [9.17, 15) is 9.18 Å². The highest BCUT2D eigenvalue weighted by atomic mass is 19.1. The number of aldehydes is 1. The highest BCUT2D eigenvalue weighted by molar-refractivity contribution is 5.84. The molecule has 25 heavy (non-hydrogen) atoms. The lowest BCUT2D eigenvalue weighted by Crippen LogP contribution is -2.33. The number of rotatable bonds is 3. The second-order valence-electron chi connectivity index (χ2n) is 6.69. The standard InChI is InChI=1S/C20H20FN3O/c1-14-10-18(2-4-19(14)21)24-20-5-3-17(11-16(20)12-22-24)23-8-6-15(13-25)7-9-23/h2-5,10-13,15H,6-9H2,1H3. The number of carbonyl (C=O) groups excluding carboxylic acids is 1. The molecule has 0 saturated carbocycles. The molecule has 0 unspecified atom stereocenters. The lowest BCUT2D eigenvalue weighted by atomic mass is 9.98. The van der Waals surface area contributed by atoms with Gasteiger partial charge in [0.1, 0.15) is 12.1 Å². The van der Waals surface area contributed by atoms with E-state index in [2.05, 4.69) is 28.2 Å². The number of aromatic nitrogens is 2. The van der Waals surface area contributed by atoms with E-state index in [1.54, 1.807) is 19.1 Å². The molecule has 1 aliphatic heterocycles. The maximum atomic E-state index is 13.5. The molecule has 0 N–H and O–H groups in total. The third-order valence-corrected chi connectivity index (χ3v) is 5.03. The van der Waals surface area contributed by atoms with Crippen LogP contribution in [0.4, 0.5) is 10.1 Å². The van der Waals surface area contributed by atoms with Crippen molar-refractivity contribution in [1.82, 2.24) is 9.78 Å². The van der Waals surface area contributed by atoms with Gasteiger partial charge in [0.15, 0.2) is 0 Å². The van der Waals surface area contributed by atoms with Crippen molar-refractivity contribution >= 4 is 22.9 Å². The van der Waals surface area contributed by atoms with Gasteiger partial charge in [0.25, 0.3) is 0 Å². The summed E-state index contributed by atoms with van der Waals surface area (Å²) in [6.45, 7) is 3.56. The first kappa shape index (κ1) is 15.8. The summed E-state index contributed by atoms with van der Waals surface area (Å²) < 4.78 is 15.3. The van der Waals surface area contributed by atoms with Crippen molar-refractivity contribution < 1.29 is 9.18 Å². The van der Waals surface area contributed by atoms with E-state index in [0.29, 0.717) is 5.56 Å². The Balaban J connectivity index is 1.65. The quantitative estimate of drug-likeness (QED) is 0.681. The number of aryl methyl sites for hydroxylation is 1. The molecule has 2 aromatic carbocycles. The summed E-state index contributed by atoms with van der Waals surface area (Å²) in [5.74, 6) is -0.00864. The van der Waals surface area contributed by atoms with Gasteiger partial charge >= 0.3 is 0 Å². The minimum absolute atomic E-state index is 0.199. The predicted molar refractivity (Wildman–Crippen MR) is 96.8 cm³/mol. The summed E-state index contributed by atoms with van der Waals surface area (Å²) in [6.07, 6.45) is 4.75. The molecule has 0 atom stereocenters. The van der Waals surface area contributed by atoms with E-state index in [1.165, 1.54) is 6.07 Å². The van der Waals surface area contributed by atoms with Crippen molar-refractivity contribution in [3.05, 3.63) is 54.0 Å². The van der Waals surface area contributed by atoms with Crippen molar-refractivity contribution in [2.24, 2.45) is 5.92 Å².